The average Bonchev–Trinajstić information content (AvgIpc) is 2.31. The van der Waals surface area contributed by atoms with Gasteiger partial charge < -0.3 is 41.1 Å². The summed E-state index contributed by atoms with van der Waals surface area (Å²) in [7, 11) is -4.82. The second-order valence-corrected chi connectivity index (χ2v) is 4.91. The quantitative estimate of drug-likeness (QED) is 0.203. The van der Waals surface area contributed by atoms with Crippen LogP contribution in [0.5, 0.6) is 0 Å². The lowest BCUT2D eigenvalue weighted by atomic mass is 9.99. The van der Waals surface area contributed by atoms with Crippen LogP contribution in [0.25, 0.3) is 0 Å². The Kier molecular flexibility index (Phi) is 7.40. The first kappa shape index (κ1) is 17.9. The molecule has 0 aliphatic rings. The second kappa shape index (κ2) is 7.46. The predicted octanol–water partition coefficient (Wildman–Crippen LogP) is -4.14. The molecule has 0 aliphatic heterocycles. The first-order chi connectivity index (χ1) is 8.10. The number of rotatable bonds is 8. The maximum Gasteiger partial charge on any atom is 0.469 e. The van der Waals surface area contributed by atoms with Crippen LogP contribution in [-0.2, 0) is 9.09 Å². The van der Waals surface area contributed by atoms with Gasteiger partial charge in [0.2, 0.25) is 0 Å². The summed E-state index contributed by atoms with van der Waals surface area (Å²) >= 11 is 0. The molecule has 0 radical (unpaired) electrons. The molecule has 18 heavy (non-hydrogen) atoms. The number of hydrogen-bond acceptors (Lipinski definition) is 8. The molecule has 10 nitrogen and oxygen atoms in total. The number of aliphatic hydroxyl groups excluding tert-OH is 5. The van der Waals surface area contributed by atoms with Crippen LogP contribution in [0.15, 0.2) is 0 Å². The second-order valence-electron chi connectivity index (χ2n) is 3.67. The van der Waals surface area contributed by atoms with E-state index >= 15 is 0 Å². The third-order valence-corrected chi connectivity index (χ3v) is 2.64. The number of aliphatic hydroxyl groups is 5. The summed E-state index contributed by atoms with van der Waals surface area (Å²) in [5.41, 5.74) is 5.19. The van der Waals surface area contributed by atoms with Crippen LogP contribution in [0.2, 0.25) is 0 Å². The maximum atomic E-state index is 10.3. The summed E-state index contributed by atoms with van der Waals surface area (Å²) in [6.07, 6.45) is -7.45. The van der Waals surface area contributed by atoms with Gasteiger partial charge in [-0.15, -0.1) is 0 Å². The molecule has 9 N–H and O–H groups in total. The molecule has 0 bridgehead atoms. The van der Waals surface area contributed by atoms with Crippen molar-refractivity contribution in [1.82, 2.24) is 0 Å². The fourth-order valence-corrected chi connectivity index (χ4v) is 1.41. The van der Waals surface area contributed by atoms with E-state index in [0.717, 1.165) is 0 Å². The largest absolute Gasteiger partial charge is 0.469 e. The van der Waals surface area contributed by atoms with E-state index < -0.39 is 51.5 Å². The Labute approximate surface area is 102 Å². The lowest BCUT2D eigenvalue weighted by Gasteiger charge is -2.28. The van der Waals surface area contributed by atoms with E-state index in [1.165, 1.54) is 0 Å². The first-order valence-electron chi connectivity index (χ1n) is 4.89. The number of phosphoric ester groups is 1. The van der Waals surface area contributed by atoms with Crippen LogP contribution >= 0.6 is 7.82 Å². The van der Waals surface area contributed by atoms with Gasteiger partial charge in [-0.3, -0.25) is 4.52 Å². The molecule has 0 aliphatic carbocycles. The molecule has 1 unspecified atom stereocenters. The molecule has 11 heteroatoms. The Bertz CT molecular complexity index is 284. The number of nitrogens with two attached hydrogens (primary N) is 1. The average molecular weight is 291 g/mol. The van der Waals surface area contributed by atoms with Crippen molar-refractivity contribution in [2.45, 2.75) is 30.5 Å². The van der Waals surface area contributed by atoms with Crippen LogP contribution in [0.1, 0.15) is 0 Å². The molecule has 0 saturated heterocycles. The van der Waals surface area contributed by atoms with Gasteiger partial charge in [0.1, 0.15) is 18.3 Å². The standard InChI is InChI=1S/C7H18NO9P/c8-3(1-9)5(11)7(13)6(12)4(10)2-17-18(14,15)16/h3-7,9-13H,1-2,8H2,(H2,14,15,16)/t3?,4-,5-,6-,7+/m1/s1. The fourth-order valence-electron chi connectivity index (χ4n) is 1.06. The van der Waals surface area contributed by atoms with Gasteiger partial charge in [-0.05, 0) is 0 Å². The molecule has 0 saturated carbocycles. The summed E-state index contributed by atoms with van der Waals surface area (Å²) in [5, 5.41) is 46.0. The lowest BCUT2D eigenvalue weighted by Crippen LogP contribution is -2.53. The summed E-state index contributed by atoms with van der Waals surface area (Å²) in [5.74, 6) is 0. The first-order valence-corrected chi connectivity index (χ1v) is 6.42. The van der Waals surface area contributed by atoms with Gasteiger partial charge in [-0.25, -0.2) is 4.57 Å². The van der Waals surface area contributed by atoms with E-state index in [9.17, 15) is 25.0 Å². The van der Waals surface area contributed by atoms with E-state index in [4.69, 9.17) is 20.6 Å². The Balaban J connectivity index is 4.36. The molecule has 110 valence electrons. The van der Waals surface area contributed by atoms with Crippen LogP contribution < -0.4 is 5.73 Å². The van der Waals surface area contributed by atoms with Gasteiger partial charge in [0, 0.05) is 0 Å². The zero-order valence-electron chi connectivity index (χ0n) is 9.27. The van der Waals surface area contributed by atoms with Gasteiger partial charge >= 0.3 is 7.82 Å². The summed E-state index contributed by atoms with van der Waals surface area (Å²) in [4.78, 5) is 16.7. The topological polar surface area (TPSA) is 194 Å². The highest BCUT2D eigenvalue weighted by Gasteiger charge is 2.34. The Morgan fingerprint density at radius 1 is 1.06 bits per heavy atom. The highest BCUT2D eigenvalue weighted by molar-refractivity contribution is 7.46. The summed E-state index contributed by atoms with van der Waals surface area (Å²) < 4.78 is 14.2. The fraction of sp³-hybridized carbons (Fsp3) is 1.00. The molecule has 0 spiro atoms. The minimum Gasteiger partial charge on any atom is -0.395 e. The van der Waals surface area contributed by atoms with Gasteiger partial charge in [0.05, 0.1) is 25.4 Å². The molecule has 0 rings (SSSR count). The number of hydrogen-bond donors (Lipinski definition) is 8. The maximum absolute atomic E-state index is 10.3. The molecule has 0 aromatic carbocycles. The van der Waals surface area contributed by atoms with Crippen LogP contribution in [0.3, 0.4) is 0 Å². The highest BCUT2D eigenvalue weighted by atomic mass is 31.2. The zero-order valence-corrected chi connectivity index (χ0v) is 10.2. The van der Waals surface area contributed by atoms with E-state index in [1.807, 2.05) is 0 Å². The van der Waals surface area contributed by atoms with Crippen LogP contribution in [0, 0.1) is 0 Å². The zero-order chi connectivity index (χ0) is 14.5. The van der Waals surface area contributed by atoms with E-state index in [2.05, 4.69) is 4.52 Å². The van der Waals surface area contributed by atoms with Crippen molar-refractivity contribution < 1.29 is 44.4 Å². The van der Waals surface area contributed by atoms with Gasteiger partial charge in [0.15, 0.2) is 0 Å². The molecule has 0 heterocycles. The van der Waals surface area contributed by atoms with Crippen molar-refractivity contribution in [3.05, 3.63) is 0 Å². The monoisotopic (exact) mass is 291 g/mol. The van der Waals surface area contributed by atoms with Gasteiger partial charge in [0.25, 0.3) is 0 Å². The van der Waals surface area contributed by atoms with Crippen molar-refractivity contribution >= 4 is 7.82 Å². The third-order valence-electron chi connectivity index (χ3n) is 2.16. The molecule has 0 fully saturated rings. The van der Waals surface area contributed by atoms with Gasteiger partial charge in [-0.2, -0.15) is 0 Å². The van der Waals surface area contributed by atoms with E-state index in [-0.39, 0.29) is 0 Å². The molecule has 0 amide bonds. The van der Waals surface area contributed by atoms with E-state index in [1.54, 1.807) is 0 Å². The Hall–Kier alpha value is -0.130. The summed E-state index contributed by atoms with van der Waals surface area (Å²) in [6, 6.07) is -1.25. The lowest BCUT2D eigenvalue weighted by molar-refractivity contribution is -0.121. The van der Waals surface area contributed by atoms with Crippen molar-refractivity contribution in [2.24, 2.45) is 5.73 Å². The molecule has 0 aromatic rings. The van der Waals surface area contributed by atoms with Crippen molar-refractivity contribution in [1.29, 1.82) is 0 Å². The molecule has 5 atom stereocenters. The Morgan fingerprint density at radius 3 is 1.94 bits per heavy atom. The van der Waals surface area contributed by atoms with Crippen molar-refractivity contribution in [2.75, 3.05) is 13.2 Å². The van der Waals surface area contributed by atoms with Crippen molar-refractivity contribution in [3.8, 4) is 0 Å². The summed E-state index contributed by atoms with van der Waals surface area (Å²) in [6.45, 7) is -1.62. The SMILES string of the molecule is NC(CO)[C@@H](O)[C@H](O)[C@H](O)[C@H](O)COP(=O)(O)O. The van der Waals surface area contributed by atoms with Crippen LogP contribution in [-0.4, -0.2) is 79.0 Å². The normalized spacial score (nSPS) is 21.1. The predicted molar refractivity (Wildman–Crippen MR) is 57.1 cm³/mol. The molecule has 0 aromatic heterocycles. The molecular formula is C7H18NO9P. The highest BCUT2D eigenvalue weighted by Crippen LogP contribution is 2.35. The van der Waals surface area contributed by atoms with Crippen LogP contribution in [0.4, 0.5) is 0 Å². The van der Waals surface area contributed by atoms with E-state index in [0.29, 0.717) is 0 Å². The minimum atomic E-state index is -4.82. The smallest absolute Gasteiger partial charge is 0.395 e. The Morgan fingerprint density at radius 2 is 1.56 bits per heavy atom. The number of phosphoric acid groups is 1. The minimum absolute atomic E-state index is 0.667. The molecular weight excluding hydrogens is 273 g/mol. The van der Waals surface area contributed by atoms with Crippen molar-refractivity contribution in [3.63, 3.8) is 0 Å². The van der Waals surface area contributed by atoms with Gasteiger partial charge in [-0.1, -0.05) is 0 Å². The third kappa shape index (κ3) is 6.16.